The van der Waals surface area contributed by atoms with Crippen molar-refractivity contribution in [2.75, 3.05) is 44.7 Å². The van der Waals surface area contributed by atoms with E-state index in [2.05, 4.69) is 26.8 Å². The molecule has 0 amide bonds. The number of piperazine rings is 1. The van der Waals surface area contributed by atoms with Gasteiger partial charge in [-0.2, -0.15) is 0 Å². The van der Waals surface area contributed by atoms with E-state index in [0.29, 0.717) is 11.2 Å². The van der Waals surface area contributed by atoms with E-state index in [-0.39, 0.29) is 31.1 Å². The molecule has 0 spiro atoms. The second-order valence-electron chi connectivity index (χ2n) is 9.23. The largest absolute Gasteiger partial charge is 0.465 e. The zero-order valence-corrected chi connectivity index (χ0v) is 21.4. The Labute approximate surface area is 211 Å². The lowest BCUT2D eigenvalue weighted by molar-refractivity contribution is -0.146. The van der Waals surface area contributed by atoms with Crippen LogP contribution in [0.2, 0.25) is 0 Å². The quantitative estimate of drug-likeness (QED) is 0.256. The Morgan fingerprint density at radius 1 is 1.06 bits per heavy atom. The van der Waals surface area contributed by atoms with Crippen LogP contribution in [0.1, 0.15) is 46.4 Å². The number of rotatable bonds is 9. The number of hydrogen-bond acceptors (Lipinski definition) is 8. The molecule has 1 aliphatic heterocycles. The fourth-order valence-corrected chi connectivity index (χ4v) is 4.70. The molecule has 3 heterocycles. The van der Waals surface area contributed by atoms with Gasteiger partial charge >= 0.3 is 5.97 Å². The van der Waals surface area contributed by atoms with Gasteiger partial charge in [-0.05, 0) is 51.1 Å². The van der Waals surface area contributed by atoms with Crippen molar-refractivity contribution in [2.45, 2.75) is 26.7 Å². The highest BCUT2D eigenvalue weighted by atomic mass is 16.5. The lowest BCUT2D eigenvalue weighted by Gasteiger charge is -2.34. The summed E-state index contributed by atoms with van der Waals surface area (Å²) in [6.45, 7) is 7.31. The number of pyridine rings is 1. The lowest BCUT2D eigenvalue weighted by Crippen LogP contribution is -2.44. The van der Waals surface area contributed by atoms with E-state index in [4.69, 9.17) is 4.74 Å². The maximum atomic E-state index is 13.7. The second kappa shape index (κ2) is 11.0. The Bertz CT molecular complexity index is 1280. The minimum atomic E-state index is -1.12. The molecule has 0 saturated carbocycles. The van der Waals surface area contributed by atoms with Gasteiger partial charge in [-0.15, -0.1) is 0 Å². The normalized spacial score (nSPS) is 15.2. The average Bonchev–Trinajstić information content (AvgIpc) is 3.21. The number of benzene rings is 1. The van der Waals surface area contributed by atoms with Gasteiger partial charge in [-0.25, -0.2) is 4.98 Å². The summed E-state index contributed by atoms with van der Waals surface area (Å²) in [5.74, 6) is -2.23. The van der Waals surface area contributed by atoms with Crippen molar-refractivity contribution in [3.05, 3.63) is 53.6 Å². The van der Waals surface area contributed by atoms with E-state index in [1.807, 2.05) is 31.2 Å². The number of ketones is 2. The van der Waals surface area contributed by atoms with Gasteiger partial charge in [0.15, 0.2) is 11.6 Å². The number of aryl methyl sites for hydroxylation is 2. The molecule has 9 heteroatoms. The van der Waals surface area contributed by atoms with Gasteiger partial charge in [0.1, 0.15) is 11.6 Å². The summed E-state index contributed by atoms with van der Waals surface area (Å²) in [7, 11) is 3.90. The molecule has 4 rings (SSSR count). The summed E-state index contributed by atoms with van der Waals surface area (Å²) in [4.78, 5) is 52.7. The summed E-state index contributed by atoms with van der Waals surface area (Å²) < 4.78 is 6.98. The van der Waals surface area contributed by atoms with Crippen molar-refractivity contribution in [3.8, 4) is 0 Å². The smallest absolute Gasteiger partial charge is 0.316 e. The summed E-state index contributed by atoms with van der Waals surface area (Å²) in [6, 6.07) is 9.43. The van der Waals surface area contributed by atoms with Gasteiger partial charge in [-0.3, -0.25) is 19.4 Å². The van der Waals surface area contributed by atoms with Crippen LogP contribution >= 0.6 is 0 Å². The number of para-hydroxylation sites is 1. The molecule has 0 radical (unpaired) electrons. The molecule has 1 saturated heterocycles. The number of imidazole rings is 1. The molecule has 1 aromatic carbocycles. The number of aromatic nitrogens is 3. The molecule has 1 fully saturated rings. The van der Waals surface area contributed by atoms with Gasteiger partial charge in [0, 0.05) is 45.8 Å². The molecule has 1 aliphatic rings. The first-order chi connectivity index (χ1) is 17.3. The van der Waals surface area contributed by atoms with Crippen LogP contribution < -0.4 is 4.90 Å². The van der Waals surface area contributed by atoms with Crippen molar-refractivity contribution in [1.82, 2.24) is 19.4 Å². The third-order valence-electron chi connectivity index (χ3n) is 6.76. The fraction of sp³-hybridized carbons (Fsp3) is 0.444. The van der Waals surface area contributed by atoms with E-state index in [1.165, 1.54) is 0 Å². The number of fused-ring (bicyclic) bond motifs is 1. The number of carbonyl (C=O) groups excluding carboxylic acids is 3. The Hall–Kier alpha value is -3.59. The molecule has 0 aliphatic carbocycles. The van der Waals surface area contributed by atoms with Gasteiger partial charge in [-0.1, -0.05) is 12.1 Å². The number of nitrogens with zero attached hydrogens (tertiary/aromatic N) is 5. The SMILES string of the molecule is CCOC(=O)C(CCC(=O)c1ncccc1C)C(=O)c1nc2cccc(N3CCN(C)CC3)c2n1C. The number of hydrogen-bond donors (Lipinski definition) is 0. The van der Waals surface area contributed by atoms with Gasteiger partial charge < -0.3 is 19.1 Å². The minimum Gasteiger partial charge on any atom is -0.465 e. The fourth-order valence-electron chi connectivity index (χ4n) is 4.70. The van der Waals surface area contributed by atoms with Crippen LogP contribution in [-0.2, 0) is 16.6 Å². The number of ether oxygens (including phenoxy) is 1. The summed E-state index contributed by atoms with van der Waals surface area (Å²) in [5, 5.41) is 0. The molecule has 3 aromatic rings. The van der Waals surface area contributed by atoms with Crippen molar-refractivity contribution in [1.29, 1.82) is 0 Å². The summed E-state index contributed by atoms with van der Waals surface area (Å²) in [6.07, 6.45) is 1.59. The van der Waals surface area contributed by atoms with Gasteiger partial charge in [0.25, 0.3) is 0 Å². The van der Waals surface area contributed by atoms with Gasteiger partial charge in [0.05, 0.1) is 23.3 Å². The minimum absolute atomic E-state index is 0.00353. The first kappa shape index (κ1) is 25.5. The molecule has 0 N–H and O–H groups in total. The maximum absolute atomic E-state index is 13.7. The van der Waals surface area contributed by atoms with Crippen LogP contribution in [0.3, 0.4) is 0 Å². The van der Waals surface area contributed by atoms with E-state index in [1.54, 1.807) is 30.8 Å². The predicted octanol–water partition coefficient (Wildman–Crippen LogP) is 3.05. The third kappa shape index (κ3) is 5.16. The van der Waals surface area contributed by atoms with Crippen molar-refractivity contribution in [3.63, 3.8) is 0 Å². The molecular formula is C27H33N5O4. The van der Waals surface area contributed by atoms with Crippen molar-refractivity contribution in [2.24, 2.45) is 13.0 Å². The van der Waals surface area contributed by atoms with Crippen LogP contribution in [0.25, 0.3) is 11.0 Å². The predicted molar refractivity (Wildman–Crippen MR) is 137 cm³/mol. The highest BCUT2D eigenvalue weighted by Gasteiger charge is 2.33. The number of likely N-dealkylation sites (N-methyl/N-ethyl adjacent to an activating group) is 1. The van der Waals surface area contributed by atoms with Gasteiger partial charge in [0.2, 0.25) is 5.78 Å². The zero-order chi connectivity index (χ0) is 25.8. The lowest BCUT2D eigenvalue weighted by atomic mass is 9.95. The summed E-state index contributed by atoms with van der Waals surface area (Å²) in [5.41, 5.74) is 3.68. The topological polar surface area (TPSA) is 97.6 Å². The number of esters is 1. The number of anilines is 1. The molecule has 36 heavy (non-hydrogen) atoms. The Balaban J connectivity index is 1.62. The number of carbonyl (C=O) groups is 3. The number of Topliss-reactive ketones (excluding diaryl/α,β-unsaturated/α-hetero) is 2. The molecule has 1 unspecified atom stereocenters. The van der Waals surface area contributed by atoms with Crippen molar-refractivity contribution < 1.29 is 19.1 Å². The Kier molecular flexibility index (Phi) is 7.79. The molecule has 1 atom stereocenters. The Morgan fingerprint density at radius 3 is 2.50 bits per heavy atom. The van der Waals surface area contributed by atoms with Crippen LogP contribution in [0.5, 0.6) is 0 Å². The van der Waals surface area contributed by atoms with Crippen molar-refractivity contribution >= 4 is 34.3 Å². The molecular weight excluding hydrogens is 458 g/mol. The molecule has 2 aromatic heterocycles. The summed E-state index contributed by atoms with van der Waals surface area (Å²) >= 11 is 0. The standard InChI is InChI=1S/C27H33N5O4/c1-5-36-27(35)19(11-12-22(33)23-18(2)8-7-13-28-23)25(34)26-29-20-9-6-10-21(24(20)31(26)4)32-16-14-30(3)15-17-32/h6-10,13,19H,5,11-12,14-17H2,1-4H3. The molecule has 190 valence electrons. The van der Waals surface area contributed by atoms with E-state index in [0.717, 1.165) is 42.9 Å². The van der Waals surface area contributed by atoms with E-state index in [9.17, 15) is 14.4 Å². The monoisotopic (exact) mass is 491 g/mol. The highest BCUT2D eigenvalue weighted by Crippen LogP contribution is 2.29. The average molecular weight is 492 g/mol. The van der Waals surface area contributed by atoms with Crippen LogP contribution in [0.15, 0.2) is 36.5 Å². The highest BCUT2D eigenvalue weighted by molar-refractivity contribution is 6.09. The van der Waals surface area contributed by atoms with Crippen LogP contribution in [-0.4, -0.2) is 76.8 Å². The van der Waals surface area contributed by atoms with E-state index >= 15 is 0 Å². The first-order valence-corrected chi connectivity index (χ1v) is 12.4. The van der Waals surface area contributed by atoms with Crippen LogP contribution in [0.4, 0.5) is 5.69 Å². The zero-order valence-electron chi connectivity index (χ0n) is 21.4. The molecule has 9 nitrogen and oxygen atoms in total. The molecule has 0 bridgehead atoms. The van der Waals surface area contributed by atoms with Crippen LogP contribution in [0, 0.1) is 12.8 Å². The first-order valence-electron chi connectivity index (χ1n) is 12.4. The maximum Gasteiger partial charge on any atom is 0.316 e. The third-order valence-corrected chi connectivity index (χ3v) is 6.76. The second-order valence-corrected chi connectivity index (χ2v) is 9.23. The Morgan fingerprint density at radius 2 is 1.81 bits per heavy atom. The van der Waals surface area contributed by atoms with E-state index < -0.39 is 17.7 Å².